The van der Waals surface area contributed by atoms with Crippen LogP contribution in [0.5, 0.6) is 0 Å². The van der Waals surface area contributed by atoms with Crippen molar-refractivity contribution in [3.63, 3.8) is 0 Å². The first-order chi connectivity index (χ1) is 31.8. The van der Waals surface area contributed by atoms with Crippen LogP contribution in [-0.2, 0) is 21.1 Å². The van der Waals surface area contributed by atoms with Gasteiger partial charge in [-0.3, -0.25) is 0 Å². The van der Waals surface area contributed by atoms with Gasteiger partial charge in [-0.05, 0) is 22.3 Å². The average molecular weight is 1010 g/mol. The van der Waals surface area contributed by atoms with Crippen LogP contribution in [0.1, 0.15) is 0 Å². The van der Waals surface area contributed by atoms with Gasteiger partial charge in [0.1, 0.15) is 0 Å². The summed E-state index contributed by atoms with van der Waals surface area (Å²) in [5.74, 6) is 0. The van der Waals surface area contributed by atoms with Crippen LogP contribution in [0, 0.1) is 0 Å². The molecule has 0 atom stereocenters. The zero-order valence-electron chi connectivity index (χ0n) is 35.0. The van der Waals surface area contributed by atoms with Gasteiger partial charge in [-0.15, -0.1) is 0 Å². The van der Waals surface area contributed by atoms with Gasteiger partial charge in [0.15, 0.2) is 0 Å². The molecule has 13 rings (SSSR count). The Labute approximate surface area is 390 Å². The predicted molar refractivity (Wildman–Crippen MR) is 267 cm³/mol. The first-order valence-corrected chi connectivity index (χ1v) is 21.8. The second-order valence-electron chi connectivity index (χ2n) is 16.5. The van der Waals surface area contributed by atoms with Crippen LogP contribution in [0.2, 0.25) is 0 Å². The van der Waals surface area contributed by atoms with Crippen molar-refractivity contribution in [1.29, 1.82) is 0 Å². The van der Waals surface area contributed by atoms with Gasteiger partial charge < -0.3 is 9.97 Å². The van der Waals surface area contributed by atoms with Gasteiger partial charge in [0, 0.05) is 66.1 Å². The molecule has 0 fully saturated rings. The molecule has 2 aromatic heterocycles. The monoisotopic (exact) mass is 1010 g/mol. The third kappa shape index (κ3) is 6.09. The van der Waals surface area contributed by atoms with E-state index in [0.29, 0.717) is 0 Å². The summed E-state index contributed by atoms with van der Waals surface area (Å²) in [5, 5.41) is 4.45. The van der Waals surface area contributed by atoms with E-state index in [-0.39, 0.29) is 21.1 Å². The summed E-state index contributed by atoms with van der Waals surface area (Å²) in [6, 6.07) is 78.0. The molecule has 8 aromatic carbocycles. The van der Waals surface area contributed by atoms with Crippen molar-refractivity contribution in [2.24, 2.45) is 0 Å². The van der Waals surface area contributed by atoms with Gasteiger partial charge in [0.05, 0.1) is 44.8 Å². The first kappa shape index (κ1) is 38.7. The van der Waals surface area contributed by atoms with Gasteiger partial charge in [-0.2, -0.15) is 0 Å². The number of hydrogen-bond acceptors (Lipinski definition) is 2. The van der Waals surface area contributed by atoms with Crippen molar-refractivity contribution in [1.82, 2.24) is 19.9 Å². The van der Waals surface area contributed by atoms with Crippen LogP contribution in [0.3, 0.4) is 0 Å². The minimum Gasteiger partial charge on any atom is -0.353 e. The Morgan fingerprint density at radius 3 is 0.662 bits per heavy atom. The van der Waals surface area contributed by atoms with Crippen molar-refractivity contribution in [3.8, 4) is 89.5 Å². The van der Waals surface area contributed by atoms with E-state index in [9.17, 15) is 0 Å². The van der Waals surface area contributed by atoms with Gasteiger partial charge in [-0.1, -0.05) is 218 Å². The molecule has 4 nitrogen and oxygen atoms in total. The molecule has 2 N–H and O–H groups in total. The summed E-state index contributed by atoms with van der Waals surface area (Å²) < 4.78 is 0. The van der Waals surface area contributed by atoms with Crippen molar-refractivity contribution in [3.05, 3.63) is 218 Å². The zero-order valence-corrected chi connectivity index (χ0v) is 37.3. The van der Waals surface area contributed by atoms with Crippen molar-refractivity contribution < 1.29 is 21.1 Å². The Morgan fingerprint density at radius 2 is 0.431 bits per heavy atom. The number of nitrogens with one attached hydrogen (secondary N) is 2. The Morgan fingerprint density at radius 1 is 0.231 bits per heavy atom. The fourth-order valence-electron chi connectivity index (χ4n) is 10.2. The Bertz CT molecular complexity index is 3320. The molecule has 1 radical (unpaired) electrons. The van der Waals surface area contributed by atoms with E-state index in [4.69, 9.17) is 9.97 Å². The number of nitrogens with zero attached hydrogens (tertiary/aromatic N) is 2. The molecule has 1 aliphatic carbocycles. The molecule has 2 aliphatic heterocycles. The molecule has 305 valence electrons. The van der Waals surface area contributed by atoms with E-state index < -0.39 is 0 Å². The maximum atomic E-state index is 5.89. The van der Waals surface area contributed by atoms with Crippen LogP contribution < -0.4 is 0 Å². The largest absolute Gasteiger partial charge is 3.00 e. The van der Waals surface area contributed by atoms with E-state index >= 15 is 0 Å². The standard InChI is InChI=1S/C60H38N4.Pt/c1-5-21-37(22-6-1)49-53-41-29-13-15-31-43(41)55(61-53)50(38-23-7-2-8-24-38)57-45-33-17-19-35-47(45)59(63-57)52(40-27-11-4-12-28-40)60-48-36-20-18-34-46(48)58(64-60)51(39-25-9-3-10-26-39)56-44-32-16-14-30-42(44)54(49)62-56;/h1-36,61,64H;/q;+3. The summed E-state index contributed by atoms with van der Waals surface area (Å²) in [5.41, 5.74) is 20.5. The molecular formula is C60H38N4Pt+3. The van der Waals surface area contributed by atoms with Crippen LogP contribution in [0.4, 0.5) is 0 Å². The summed E-state index contributed by atoms with van der Waals surface area (Å²) in [6.07, 6.45) is 0. The van der Waals surface area contributed by atoms with Gasteiger partial charge in [-0.25, -0.2) is 9.97 Å². The van der Waals surface area contributed by atoms with Crippen molar-refractivity contribution in [2.75, 3.05) is 0 Å². The fourth-order valence-corrected chi connectivity index (χ4v) is 10.2. The molecule has 0 spiro atoms. The van der Waals surface area contributed by atoms with Crippen molar-refractivity contribution in [2.45, 2.75) is 0 Å². The molecule has 5 heteroatoms. The van der Waals surface area contributed by atoms with E-state index in [1.54, 1.807) is 0 Å². The topological polar surface area (TPSA) is 57.4 Å². The normalized spacial score (nSPS) is 11.6. The quantitative estimate of drug-likeness (QED) is 0.185. The van der Waals surface area contributed by atoms with Gasteiger partial charge in [0.2, 0.25) is 0 Å². The summed E-state index contributed by atoms with van der Waals surface area (Å²) in [4.78, 5) is 20.0. The molecule has 8 bridgehead atoms. The molecule has 4 heterocycles. The van der Waals surface area contributed by atoms with E-state index in [2.05, 4.69) is 228 Å². The number of aromatic amines is 2. The maximum absolute atomic E-state index is 5.89. The van der Waals surface area contributed by atoms with E-state index in [1.807, 2.05) is 0 Å². The average Bonchev–Trinajstić information content (AvgIpc) is 4.14. The second kappa shape index (κ2) is 15.7. The maximum Gasteiger partial charge on any atom is 3.00 e. The molecule has 0 saturated heterocycles. The molecule has 0 unspecified atom stereocenters. The van der Waals surface area contributed by atoms with Gasteiger partial charge in [0.25, 0.3) is 0 Å². The predicted octanol–water partition coefficient (Wildman–Crippen LogP) is 16.0. The van der Waals surface area contributed by atoms with Gasteiger partial charge >= 0.3 is 21.1 Å². The molecule has 3 aliphatic rings. The molecule has 10 aromatic rings. The number of hydrogen-bond donors (Lipinski definition) is 2. The summed E-state index contributed by atoms with van der Waals surface area (Å²) >= 11 is 0. The fraction of sp³-hybridized carbons (Fsp3) is 0. The first-order valence-electron chi connectivity index (χ1n) is 21.8. The summed E-state index contributed by atoms with van der Waals surface area (Å²) in [7, 11) is 0. The SMILES string of the molecule is [Pt+3].c1ccc(-c2c3nc(c(-c4ccccc4)c4[nH]c(c(-c5ccccc5)c5nc(c(-c6ccccc6)c6[nH]c2c2ccccc62)-c2ccccc2-5)c2ccccc42)-c2ccccc2-3)cc1. The molecule has 0 amide bonds. The smallest absolute Gasteiger partial charge is 0.353 e. The minimum absolute atomic E-state index is 0. The third-order valence-corrected chi connectivity index (χ3v) is 13.0. The van der Waals surface area contributed by atoms with Crippen LogP contribution in [0.25, 0.3) is 133 Å². The minimum atomic E-state index is 0. The number of rotatable bonds is 4. The number of benzene rings is 8. The Kier molecular flexibility index (Phi) is 9.36. The van der Waals surface area contributed by atoms with Crippen LogP contribution >= 0.6 is 0 Å². The van der Waals surface area contributed by atoms with E-state index in [1.165, 1.54) is 0 Å². The Balaban J connectivity index is 0.00000444. The number of H-pyrrole nitrogens is 2. The molecule has 0 saturated carbocycles. The van der Waals surface area contributed by atoms with E-state index in [0.717, 1.165) is 133 Å². The second-order valence-corrected chi connectivity index (χ2v) is 16.5. The Hall–Kier alpha value is -7.91. The van der Waals surface area contributed by atoms with Crippen molar-refractivity contribution >= 4 is 43.6 Å². The number of aromatic nitrogens is 4. The van der Waals surface area contributed by atoms with Crippen LogP contribution in [-0.4, -0.2) is 19.9 Å². The third-order valence-electron chi connectivity index (χ3n) is 13.0. The zero-order chi connectivity index (χ0) is 42.1. The van der Waals surface area contributed by atoms with Crippen LogP contribution in [0.15, 0.2) is 218 Å². The molecule has 65 heavy (non-hydrogen) atoms. The summed E-state index contributed by atoms with van der Waals surface area (Å²) in [6.45, 7) is 0. The molecular weight excluding hydrogens is 972 g/mol.